The quantitative estimate of drug-likeness (QED) is 0.562. The van der Waals surface area contributed by atoms with Crippen LogP contribution in [0.15, 0.2) is 48.5 Å². The summed E-state index contributed by atoms with van der Waals surface area (Å²) in [6.07, 6.45) is 0. The summed E-state index contributed by atoms with van der Waals surface area (Å²) in [5.74, 6) is -0.294. The van der Waals surface area contributed by atoms with Crippen molar-refractivity contribution in [1.82, 2.24) is 15.8 Å². The summed E-state index contributed by atoms with van der Waals surface area (Å²) >= 11 is 0. The van der Waals surface area contributed by atoms with E-state index in [2.05, 4.69) is 10.9 Å². The monoisotopic (exact) mass is 372 g/mol. The fourth-order valence-corrected chi connectivity index (χ4v) is 2.34. The number of non-ortho nitro benzene ring substituents is 1. The van der Waals surface area contributed by atoms with E-state index >= 15 is 0 Å². The number of methoxy groups -OCH3 is 1. The molecule has 2 N–H and O–H groups in total. The van der Waals surface area contributed by atoms with E-state index in [0.29, 0.717) is 6.54 Å². The van der Waals surface area contributed by atoms with Gasteiger partial charge in [-0.1, -0.05) is 18.2 Å². The molecule has 0 radical (unpaired) electrons. The smallest absolute Gasteiger partial charge is 0.270 e. The highest BCUT2D eigenvalue weighted by atomic mass is 16.6. The molecule has 0 aromatic heterocycles. The number of carbonyl (C=O) groups is 2. The number of hydrogen-bond acceptors (Lipinski definition) is 6. The van der Waals surface area contributed by atoms with Crippen molar-refractivity contribution >= 4 is 17.5 Å². The molecular formula is C18H20N4O5. The lowest BCUT2D eigenvalue weighted by Crippen LogP contribution is -2.45. The Bertz CT molecular complexity index is 823. The molecule has 0 unspecified atom stereocenters. The van der Waals surface area contributed by atoms with Gasteiger partial charge in [-0.3, -0.25) is 35.5 Å². The molecule has 2 aromatic carbocycles. The summed E-state index contributed by atoms with van der Waals surface area (Å²) in [7, 11) is 3.36. The average molecular weight is 372 g/mol. The van der Waals surface area contributed by atoms with Gasteiger partial charge < -0.3 is 4.74 Å². The number of hydrazine groups is 1. The largest absolute Gasteiger partial charge is 0.497 e. The predicted molar refractivity (Wildman–Crippen MR) is 98.0 cm³/mol. The zero-order valence-electron chi connectivity index (χ0n) is 15.0. The maximum atomic E-state index is 12.0. The summed E-state index contributed by atoms with van der Waals surface area (Å²) in [5, 5.41) is 10.7. The van der Waals surface area contributed by atoms with Crippen molar-refractivity contribution in [2.24, 2.45) is 0 Å². The van der Waals surface area contributed by atoms with Crippen molar-refractivity contribution < 1.29 is 19.2 Å². The molecule has 2 amide bonds. The van der Waals surface area contributed by atoms with Crippen LogP contribution in [-0.2, 0) is 11.3 Å². The van der Waals surface area contributed by atoms with Crippen molar-refractivity contribution in [3.8, 4) is 5.75 Å². The molecule has 0 saturated heterocycles. The fraction of sp³-hybridized carbons (Fsp3) is 0.222. The summed E-state index contributed by atoms with van der Waals surface area (Å²) in [6, 6.07) is 12.7. The van der Waals surface area contributed by atoms with E-state index in [-0.39, 0.29) is 17.8 Å². The van der Waals surface area contributed by atoms with Crippen molar-refractivity contribution in [3.05, 3.63) is 69.8 Å². The molecule has 0 fully saturated rings. The first-order valence-electron chi connectivity index (χ1n) is 8.04. The van der Waals surface area contributed by atoms with Crippen molar-refractivity contribution in [1.29, 1.82) is 0 Å². The van der Waals surface area contributed by atoms with Gasteiger partial charge >= 0.3 is 0 Å². The van der Waals surface area contributed by atoms with Crippen LogP contribution in [0.25, 0.3) is 0 Å². The van der Waals surface area contributed by atoms with Crippen LogP contribution < -0.4 is 15.6 Å². The minimum Gasteiger partial charge on any atom is -0.497 e. The van der Waals surface area contributed by atoms with Crippen LogP contribution in [0.1, 0.15) is 15.9 Å². The van der Waals surface area contributed by atoms with Crippen molar-refractivity contribution in [3.63, 3.8) is 0 Å². The minimum atomic E-state index is -0.634. The summed E-state index contributed by atoms with van der Waals surface area (Å²) in [6.45, 7) is 0.595. The van der Waals surface area contributed by atoms with Crippen LogP contribution in [0.4, 0.5) is 5.69 Å². The maximum absolute atomic E-state index is 12.0. The number of rotatable bonds is 7. The molecule has 0 bridgehead atoms. The topological polar surface area (TPSA) is 114 Å². The Morgan fingerprint density at radius 2 is 1.85 bits per heavy atom. The van der Waals surface area contributed by atoms with Crippen LogP contribution in [0.5, 0.6) is 5.75 Å². The van der Waals surface area contributed by atoms with Crippen LogP contribution in [-0.4, -0.2) is 42.3 Å². The van der Waals surface area contributed by atoms with Gasteiger partial charge in [-0.2, -0.15) is 0 Å². The highest BCUT2D eigenvalue weighted by molar-refractivity contribution is 5.96. The highest BCUT2D eigenvalue weighted by Crippen LogP contribution is 2.13. The van der Waals surface area contributed by atoms with Gasteiger partial charge in [0, 0.05) is 24.2 Å². The second kappa shape index (κ2) is 9.30. The Hall–Kier alpha value is -3.46. The van der Waals surface area contributed by atoms with E-state index in [1.54, 1.807) is 19.1 Å². The molecule has 9 heteroatoms. The molecule has 0 heterocycles. The first-order valence-corrected chi connectivity index (χ1v) is 8.04. The Morgan fingerprint density at radius 3 is 2.48 bits per heavy atom. The molecule has 142 valence electrons. The van der Waals surface area contributed by atoms with E-state index in [1.807, 2.05) is 24.3 Å². The number of nitro groups is 1. The number of amides is 2. The highest BCUT2D eigenvalue weighted by Gasteiger charge is 2.13. The minimum absolute atomic E-state index is 0.0568. The lowest BCUT2D eigenvalue weighted by atomic mass is 10.2. The van der Waals surface area contributed by atoms with Crippen molar-refractivity contribution in [2.45, 2.75) is 6.54 Å². The predicted octanol–water partition coefficient (Wildman–Crippen LogP) is 1.50. The fourth-order valence-electron chi connectivity index (χ4n) is 2.34. The molecule has 0 atom stereocenters. The number of benzene rings is 2. The zero-order chi connectivity index (χ0) is 19.8. The number of likely N-dealkylation sites (N-methyl/N-ethyl adjacent to an activating group) is 1. The molecule has 0 aliphatic rings. The van der Waals surface area contributed by atoms with E-state index in [0.717, 1.165) is 17.4 Å². The molecular weight excluding hydrogens is 352 g/mol. The zero-order valence-corrected chi connectivity index (χ0v) is 15.0. The van der Waals surface area contributed by atoms with Crippen LogP contribution >= 0.6 is 0 Å². The van der Waals surface area contributed by atoms with Crippen LogP contribution in [0, 0.1) is 10.1 Å². The Balaban J connectivity index is 1.81. The molecule has 9 nitrogen and oxygen atoms in total. The normalized spacial score (nSPS) is 10.3. The third-order valence-corrected chi connectivity index (χ3v) is 3.66. The molecule has 2 aromatic rings. The van der Waals surface area contributed by atoms with Gasteiger partial charge in [-0.15, -0.1) is 0 Å². The van der Waals surface area contributed by atoms with Gasteiger partial charge in [0.05, 0.1) is 18.6 Å². The molecule has 0 spiro atoms. The molecule has 0 saturated carbocycles. The first-order chi connectivity index (χ1) is 12.9. The van der Waals surface area contributed by atoms with E-state index in [9.17, 15) is 19.7 Å². The average Bonchev–Trinajstić information content (AvgIpc) is 2.66. The van der Waals surface area contributed by atoms with Crippen LogP contribution in [0.2, 0.25) is 0 Å². The van der Waals surface area contributed by atoms with Crippen LogP contribution in [0.3, 0.4) is 0 Å². The lowest BCUT2D eigenvalue weighted by molar-refractivity contribution is -0.384. The van der Waals surface area contributed by atoms with E-state index < -0.39 is 16.7 Å². The number of hydrogen-bond donors (Lipinski definition) is 2. The molecule has 0 aliphatic heterocycles. The second-order valence-corrected chi connectivity index (χ2v) is 5.83. The number of nitro benzene ring substituents is 1. The Kier molecular flexibility index (Phi) is 6.84. The Labute approximate surface area is 156 Å². The summed E-state index contributed by atoms with van der Waals surface area (Å²) in [5.41, 5.74) is 5.42. The van der Waals surface area contributed by atoms with Gasteiger partial charge in [0.2, 0.25) is 0 Å². The third-order valence-electron chi connectivity index (χ3n) is 3.66. The van der Waals surface area contributed by atoms with Gasteiger partial charge in [-0.25, -0.2) is 0 Å². The van der Waals surface area contributed by atoms with Crippen molar-refractivity contribution in [2.75, 3.05) is 20.7 Å². The summed E-state index contributed by atoms with van der Waals surface area (Å²) in [4.78, 5) is 35.9. The third kappa shape index (κ3) is 6.08. The number of nitrogens with zero attached hydrogens (tertiary/aromatic N) is 2. The Morgan fingerprint density at radius 1 is 1.15 bits per heavy atom. The first kappa shape index (κ1) is 19.9. The number of carbonyl (C=O) groups excluding carboxylic acids is 2. The molecule has 0 aliphatic carbocycles. The maximum Gasteiger partial charge on any atom is 0.270 e. The second-order valence-electron chi connectivity index (χ2n) is 5.83. The van der Waals surface area contributed by atoms with Gasteiger partial charge in [0.25, 0.3) is 17.5 Å². The SMILES string of the molecule is COc1ccc(CN(C)CC(=O)NNC(=O)c2cccc([N+](=O)[O-])c2)cc1. The number of ether oxygens (including phenoxy) is 1. The summed E-state index contributed by atoms with van der Waals surface area (Å²) < 4.78 is 5.09. The lowest BCUT2D eigenvalue weighted by Gasteiger charge is -2.16. The van der Waals surface area contributed by atoms with Gasteiger partial charge in [0.1, 0.15) is 5.75 Å². The van der Waals surface area contributed by atoms with E-state index in [4.69, 9.17) is 4.74 Å². The van der Waals surface area contributed by atoms with E-state index in [1.165, 1.54) is 18.2 Å². The number of nitrogens with one attached hydrogen (secondary N) is 2. The van der Waals surface area contributed by atoms with Gasteiger partial charge in [-0.05, 0) is 30.8 Å². The molecule has 2 rings (SSSR count). The molecule has 27 heavy (non-hydrogen) atoms. The standard InChI is InChI=1S/C18H20N4O5/c1-21(11-13-6-8-16(27-2)9-7-13)12-17(23)19-20-18(24)14-4-3-5-15(10-14)22(25)26/h3-10H,11-12H2,1-2H3,(H,19,23)(H,20,24). The van der Waals surface area contributed by atoms with Gasteiger partial charge in [0.15, 0.2) is 0 Å².